The van der Waals surface area contributed by atoms with Gasteiger partial charge in [0.25, 0.3) is 5.91 Å². The van der Waals surface area contributed by atoms with Gasteiger partial charge in [0.05, 0.1) is 5.71 Å². The number of hydrogen-bond acceptors (Lipinski definition) is 4. The number of amides is 2. The smallest absolute Gasteiger partial charge is 0.271 e. The first-order valence-electron chi connectivity index (χ1n) is 11.1. The Morgan fingerprint density at radius 2 is 1.55 bits per heavy atom. The molecule has 0 spiro atoms. The molecule has 4 rings (SSSR count). The second-order valence-corrected chi connectivity index (χ2v) is 8.32. The summed E-state index contributed by atoms with van der Waals surface area (Å²) < 4.78 is 0. The van der Waals surface area contributed by atoms with Crippen molar-refractivity contribution in [2.45, 2.75) is 33.4 Å². The Balaban J connectivity index is 1.32. The first-order chi connectivity index (χ1) is 16.0. The van der Waals surface area contributed by atoms with Crippen LogP contribution < -0.4 is 10.7 Å². The second-order valence-electron chi connectivity index (χ2n) is 8.32. The number of hydrazone groups is 1. The van der Waals surface area contributed by atoms with Crippen LogP contribution in [0.5, 0.6) is 0 Å². The topological polar surface area (TPSA) is 73.8 Å². The quantitative estimate of drug-likeness (QED) is 0.442. The molecular formula is C27H28N4O2. The number of fused-ring (bicyclic) bond motifs is 1. The Morgan fingerprint density at radius 1 is 0.879 bits per heavy atom. The number of nitrogens with one attached hydrogen (secondary N) is 2. The predicted molar refractivity (Wildman–Crippen MR) is 131 cm³/mol. The molecule has 0 fully saturated rings. The number of anilines is 1. The van der Waals surface area contributed by atoms with Crippen LogP contribution in [-0.2, 0) is 24.3 Å². The third-order valence-corrected chi connectivity index (χ3v) is 5.78. The molecular weight excluding hydrogens is 412 g/mol. The van der Waals surface area contributed by atoms with E-state index in [-0.39, 0.29) is 11.8 Å². The Hall–Kier alpha value is -3.77. The highest BCUT2D eigenvalue weighted by atomic mass is 16.2. The second kappa shape index (κ2) is 10.2. The van der Waals surface area contributed by atoms with Crippen molar-refractivity contribution >= 4 is 23.2 Å². The van der Waals surface area contributed by atoms with Crippen molar-refractivity contribution in [3.05, 3.63) is 101 Å². The monoisotopic (exact) mass is 440 g/mol. The highest BCUT2D eigenvalue weighted by molar-refractivity contribution is 6.01. The molecule has 0 bridgehead atoms. The number of nitrogens with zero attached hydrogens (tertiary/aromatic N) is 2. The standard InChI is InChI=1S/C27H28N4O2/c1-19(22-11-13-26(14-12-22)28-20(2)32)29-30-27(33)24-9-7-21(8-10-24)17-31-16-15-23-5-3-4-6-25(23)18-31/h3-14H,15-18H2,1-2H3,(H,28,32)(H,30,33)/b29-19-. The third kappa shape index (κ3) is 5.93. The number of hydrogen-bond donors (Lipinski definition) is 2. The molecule has 6 heteroatoms. The van der Waals surface area contributed by atoms with Gasteiger partial charge < -0.3 is 5.32 Å². The lowest BCUT2D eigenvalue weighted by atomic mass is 9.99. The molecule has 0 saturated heterocycles. The Labute approximate surface area is 194 Å². The van der Waals surface area contributed by atoms with E-state index in [1.165, 1.54) is 23.6 Å². The first-order valence-corrected chi connectivity index (χ1v) is 11.1. The minimum Gasteiger partial charge on any atom is -0.326 e. The van der Waals surface area contributed by atoms with E-state index in [4.69, 9.17) is 0 Å². The van der Waals surface area contributed by atoms with Gasteiger partial charge in [-0.15, -0.1) is 0 Å². The van der Waals surface area contributed by atoms with Crippen LogP contribution >= 0.6 is 0 Å². The van der Waals surface area contributed by atoms with Crippen molar-refractivity contribution in [1.82, 2.24) is 10.3 Å². The zero-order valence-corrected chi connectivity index (χ0v) is 19.0. The van der Waals surface area contributed by atoms with Crippen LogP contribution in [0.1, 0.15) is 46.5 Å². The first kappa shape index (κ1) is 22.4. The molecule has 3 aromatic rings. The van der Waals surface area contributed by atoms with Gasteiger partial charge in [-0.25, -0.2) is 5.43 Å². The number of carbonyl (C=O) groups excluding carboxylic acids is 2. The van der Waals surface area contributed by atoms with Crippen molar-refractivity contribution in [3.8, 4) is 0 Å². The van der Waals surface area contributed by atoms with E-state index >= 15 is 0 Å². The molecule has 0 aliphatic carbocycles. The van der Waals surface area contributed by atoms with Crippen molar-refractivity contribution in [2.24, 2.45) is 5.10 Å². The van der Waals surface area contributed by atoms with E-state index in [2.05, 4.69) is 45.0 Å². The van der Waals surface area contributed by atoms with Crippen LogP contribution in [0.3, 0.4) is 0 Å². The molecule has 33 heavy (non-hydrogen) atoms. The Morgan fingerprint density at radius 3 is 2.24 bits per heavy atom. The van der Waals surface area contributed by atoms with Gasteiger partial charge in [0.1, 0.15) is 0 Å². The summed E-state index contributed by atoms with van der Waals surface area (Å²) in [4.78, 5) is 26.1. The van der Waals surface area contributed by atoms with E-state index in [1.54, 1.807) is 12.1 Å². The molecule has 0 unspecified atom stereocenters. The lowest BCUT2D eigenvalue weighted by molar-refractivity contribution is -0.114. The molecule has 1 aliphatic rings. The maximum absolute atomic E-state index is 12.5. The molecule has 168 valence electrons. The normalized spacial score (nSPS) is 13.8. The van der Waals surface area contributed by atoms with E-state index in [1.807, 2.05) is 43.3 Å². The molecule has 6 nitrogen and oxygen atoms in total. The fraction of sp³-hybridized carbons (Fsp3) is 0.222. The average Bonchev–Trinajstić information content (AvgIpc) is 2.83. The zero-order valence-electron chi connectivity index (χ0n) is 19.0. The third-order valence-electron chi connectivity index (χ3n) is 5.78. The summed E-state index contributed by atoms with van der Waals surface area (Å²) >= 11 is 0. The molecule has 0 atom stereocenters. The van der Waals surface area contributed by atoms with Crippen LogP contribution in [-0.4, -0.2) is 29.0 Å². The Kier molecular flexibility index (Phi) is 6.95. The fourth-order valence-electron chi connectivity index (χ4n) is 3.97. The highest BCUT2D eigenvalue weighted by Crippen LogP contribution is 2.20. The molecule has 0 radical (unpaired) electrons. The summed E-state index contributed by atoms with van der Waals surface area (Å²) in [5.74, 6) is -0.365. The molecule has 2 amide bonds. The van der Waals surface area contributed by atoms with E-state index in [0.717, 1.165) is 37.3 Å². The number of carbonyl (C=O) groups is 2. The van der Waals surface area contributed by atoms with Crippen LogP contribution in [0.2, 0.25) is 0 Å². The molecule has 1 aliphatic heterocycles. The summed E-state index contributed by atoms with van der Waals surface area (Å²) in [6, 6.07) is 23.6. The molecule has 3 aromatic carbocycles. The number of benzene rings is 3. The van der Waals surface area contributed by atoms with E-state index in [0.29, 0.717) is 11.3 Å². The largest absolute Gasteiger partial charge is 0.326 e. The predicted octanol–water partition coefficient (Wildman–Crippen LogP) is 4.36. The fourth-order valence-corrected chi connectivity index (χ4v) is 3.97. The van der Waals surface area contributed by atoms with E-state index < -0.39 is 0 Å². The minimum absolute atomic E-state index is 0.118. The molecule has 1 heterocycles. The van der Waals surface area contributed by atoms with E-state index in [9.17, 15) is 9.59 Å². The zero-order chi connectivity index (χ0) is 23.2. The van der Waals surface area contributed by atoms with Gasteiger partial charge in [-0.1, -0.05) is 48.5 Å². The summed E-state index contributed by atoms with van der Waals surface area (Å²) in [6.45, 7) is 6.15. The van der Waals surface area contributed by atoms with Crippen molar-refractivity contribution in [2.75, 3.05) is 11.9 Å². The van der Waals surface area contributed by atoms with Gasteiger partial charge in [0, 0.05) is 37.8 Å². The van der Waals surface area contributed by atoms with Crippen LogP contribution in [0.4, 0.5) is 5.69 Å². The molecule has 0 aromatic heterocycles. The van der Waals surface area contributed by atoms with Crippen molar-refractivity contribution in [3.63, 3.8) is 0 Å². The minimum atomic E-state index is -0.248. The van der Waals surface area contributed by atoms with Crippen molar-refractivity contribution in [1.29, 1.82) is 0 Å². The van der Waals surface area contributed by atoms with Gasteiger partial charge in [-0.05, 0) is 59.9 Å². The summed E-state index contributed by atoms with van der Waals surface area (Å²) in [7, 11) is 0. The van der Waals surface area contributed by atoms with Crippen LogP contribution in [0.15, 0.2) is 77.9 Å². The van der Waals surface area contributed by atoms with Gasteiger partial charge >= 0.3 is 0 Å². The Bertz CT molecular complexity index is 1170. The van der Waals surface area contributed by atoms with Crippen LogP contribution in [0, 0.1) is 0 Å². The molecule has 0 saturated carbocycles. The summed E-state index contributed by atoms with van der Waals surface area (Å²) in [5.41, 5.74) is 9.49. The maximum Gasteiger partial charge on any atom is 0.271 e. The van der Waals surface area contributed by atoms with Crippen LogP contribution in [0.25, 0.3) is 0 Å². The molecule has 2 N–H and O–H groups in total. The maximum atomic E-state index is 12.5. The highest BCUT2D eigenvalue weighted by Gasteiger charge is 2.16. The lowest BCUT2D eigenvalue weighted by Gasteiger charge is -2.28. The summed E-state index contributed by atoms with van der Waals surface area (Å²) in [6.07, 6.45) is 1.07. The van der Waals surface area contributed by atoms with Gasteiger partial charge in [0.15, 0.2) is 0 Å². The van der Waals surface area contributed by atoms with Gasteiger partial charge in [-0.3, -0.25) is 14.5 Å². The van der Waals surface area contributed by atoms with Gasteiger partial charge in [-0.2, -0.15) is 5.10 Å². The lowest BCUT2D eigenvalue weighted by Crippen LogP contribution is -2.30. The van der Waals surface area contributed by atoms with Crippen molar-refractivity contribution < 1.29 is 9.59 Å². The SMILES string of the molecule is CC(=O)Nc1ccc(/C(C)=N\NC(=O)c2ccc(CN3CCc4ccccc4C3)cc2)cc1. The van der Waals surface area contributed by atoms with Gasteiger partial charge in [0.2, 0.25) is 5.91 Å². The summed E-state index contributed by atoms with van der Waals surface area (Å²) in [5, 5.41) is 6.95. The number of rotatable bonds is 6. The average molecular weight is 441 g/mol.